The molecule has 0 bridgehead atoms. The van der Waals surface area contributed by atoms with Crippen molar-refractivity contribution in [2.75, 3.05) is 0 Å². The number of fused-ring (bicyclic) bond motifs is 1. The molecule has 0 atom stereocenters. The molecule has 1 N–H and O–H groups in total. The number of imide groups is 1. The summed E-state index contributed by atoms with van der Waals surface area (Å²) >= 11 is 9.41. The molecule has 1 saturated heterocycles. The summed E-state index contributed by atoms with van der Waals surface area (Å²) in [6, 6.07) is 22.9. The topological polar surface area (TPSA) is 54.3 Å². The predicted octanol–water partition coefficient (Wildman–Crippen LogP) is 6.20. The molecular formula is C26H19BrClN3O2. The number of aromatic nitrogens is 1. The lowest BCUT2D eigenvalue weighted by molar-refractivity contribution is -0.123. The Balaban J connectivity index is 1.45. The number of para-hydroxylation sites is 1. The minimum Gasteiger partial charge on any atom is -0.342 e. The van der Waals surface area contributed by atoms with E-state index in [0.717, 1.165) is 32.1 Å². The maximum absolute atomic E-state index is 13.0. The summed E-state index contributed by atoms with van der Waals surface area (Å²) in [5.74, 6) is -0.336. The normalized spacial score (nSPS) is 15.0. The zero-order valence-corrected chi connectivity index (χ0v) is 19.8. The number of rotatable bonds is 5. The van der Waals surface area contributed by atoms with Gasteiger partial charge in [-0.15, -0.1) is 0 Å². The number of hydrogen-bond acceptors (Lipinski definition) is 2. The van der Waals surface area contributed by atoms with E-state index in [-0.39, 0.29) is 18.1 Å². The first-order valence-electron chi connectivity index (χ1n) is 10.4. The van der Waals surface area contributed by atoms with E-state index in [1.54, 1.807) is 6.08 Å². The van der Waals surface area contributed by atoms with Crippen molar-refractivity contribution in [2.24, 2.45) is 0 Å². The van der Waals surface area contributed by atoms with Crippen LogP contribution < -0.4 is 5.32 Å². The minimum absolute atomic E-state index is 0.216. The Morgan fingerprint density at radius 2 is 1.55 bits per heavy atom. The van der Waals surface area contributed by atoms with Gasteiger partial charge in [0.15, 0.2) is 0 Å². The molecule has 0 aliphatic carbocycles. The minimum atomic E-state index is -0.418. The highest BCUT2D eigenvalue weighted by atomic mass is 79.9. The Bertz CT molecular complexity index is 1390. The number of halogens is 2. The van der Waals surface area contributed by atoms with Crippen LogP contribution in [-0.2, 0) is 17.9 Å². The van der Waals surface area contributed by atoms with Gasteiger partial charge < -0.3 is 9.88 Å². The first kappa shape index (κ1) is 21.5. The molecule has 5 nitrogen and oxygen atoms in total. The number of urea groups is 1. The fourth-order valence-electron chi connectivity index (χ4n) is 3.95. The van der Waals surface area contributed by atoms with Crippen LogP contribution in [0.4, 0.5) is 4.79 Å². The van der Waals surface area contributed by atoms with Gasteiger partial charge in [-0.1, -0.05) is 70.0 Å². The molecule has 4 aromatic rings. The zero-order chi connectivity index (χ0) is 22.9. The van der Waals surface area contributed by atoms with Gasteiger partial charge in [-0.25, -0.2) is 4.79 Å². The standard InChI is InChI=1S/C26H19BrClN3O2/c27-20-9-5-18(6-10-20)15-31-25(32)23(29-26(31)33)13-19-16-30(24-4-2-1-3-22(19)24)14-17-7-11-21(28)12-8-17/h1-13,16H,14-15H2,(H,29,33)/b23-13+. The highest BCUT2D eigenvalue weighted by molar-refractivity contribution is 9.10. The molecule has 1 fully saturated rings. The third kappa shape index (κ3) is 4.45. The lowest BCUT2D eigenvalue weighted by Gasteiger charge is -2.11. The first-order valence-corrected chi connectivity index (χ1v) is 11.6. The fraction of sp³-hybridized carbons (Fsp3) is 0.0769. The maximum Gasteiger partial charge on any atom is 0.329 e. The smallest absolute Gasteiger partial charge is 0.329 e. The Labute approximate surface area is 204 Å². The van der Waals surface area contributed by atoms with Gasteiger partial charge in [0.1, 0.15) is 5.70 Å². The maximum atomic E-state index is 13.0. The summed E-state index contributed by atoms with van der Waals surface area (Å²) in [7, 11) is 0. The average molecular weight is 521 g/mol. The molecule has 1 aromatic heterocycles. The van der Waals surface area contributed by atoms with E-state index in [0.29, 0.717) is 11.6 Å². The first-order chi connectivity index (χ1) is 16.0. The molecule has 7 heteroatoms. The van der Waals surface area contributed by atoms with Crippen molar-refractivity contribution in [3.05, 3.63) is 111 Å². The van der Waals surface area contributed by atoms with Crippen LogP contribution in [0.3, 0.4) is 0 Å². The van der Waals surface area contributed by atoms with E-state index in [9.17, 15) is 9.59 Å². The van der Waals surface area contributed by atoms with E-state index >= 15 is 0 Å². The van der Waals surface area contributed by atoms with Gasteiger partial charge >= 0.3 is 6.03 Å². The van der Waals surface area contributed by atoms with Crippen molar-refractivity contribution < 1.29 is 9.59 Å². The molecular weight excluding hydrogens is 502 g/mol. The summed E-state index contributed by atoms with van der Waals surface area (Å²) < 4.78 is 3.07. The monoisotopic (exact) mass is 519 g/mol. The Hall–Kier alpha value is -3.35. The van der Waals surface area contributed by atoms with Crippen LogP contribution in [0.25, 0.3) is 17.0 Å². The summed E-state index contributed by atoms with van der Waals surface area (Å²) in [4.78, 5) is 26.7. The molecule has 0 radical (unpaired) electrons. The van der Waals surface area contributed by atoms with Gasteiger partial charge in [-0.05, 0) is 47.5 Å². The quantitative estimate of drug-likeness (QED) is 0.252. The SMILES string of the molecule is O=C1N/C(=C/c2cn(Cc3ccc(Cl)cc3)c3ccccc23)C(=O)N1Cc1ccc(Br)cc1. The zero-order valence-electron chi connectivity index (χ0n) is 17.5. The Kier molecular flexibility index (Phi) is 5.79. The van der Waals surface area contributed by atoms with Gasteiger partial charge in [0.2, 0.25) is 0 Å². The van der Waals surface area contributed by atoms with E-state index in [1.165, 1.54) is 4.90 Å². The molecule has 3 amide bonds. The van der Waals surface area contributed by atoms with Gasteiger partial charge in [0.05, 0.1) is 6.54 Å². The molecule has 2 heterocycles. The molecule has 5 rings (SSSR count). The number of hydrogen-bond donors (Lipinski definition) is 1. The van der Waals surface area contributed by atoms with Crippen LogP contribution >= 0.6 is 27.5 Å². The summed E-state index contributed by atoms with van der Waals surface area (Å²) in [5.41, 5.74) is 4.18. The van der Waals surface area contributed by atoms with Gasteiger partial charge in [-0.3, -0.25) is 9.69 Å². The average Bonchev–Trinajstić information content (AvgIpc) is 3.29. The third-order valence-electron chi connectivity index (χ3n) is 5.60. The van der Waals surface area contributed by atoms with Crippen LogP contribution in [-0.4, -0.2) is 21.4 Å². The van der Waals surface area contributed by atoms with Crippen LogP contribution in [0.5, 0.6) is 0 Å². The predicted molar refractivity (Wildman–Crippen MR) is 134 cm³/mol. The van der Waals surface area contributed by atoms with Crippen LogP contribution in [0.1, 0.15) is 16.7 Å². The Morgan fingerprint density at radius 1 is 0.879 bits per heavy atom. The van der Waals surface area contributed by atoms with E-state index in [1.807, 2.05) is 79.0 Å². The van der Waals surface area contributed by atoms with Gasteiger partial charge in [-0.2, -0.15) is 0 Å². The van der Waals surface area contributed by atoms with Crippen molar-refractivity contribution in [1.82, 2.24) is 14.8 Å². The fourth-order valence-corrected chi connectivity index (χ4v) is 4.34. The molecule has 0 spiro atoms. The van der Waals surface area contributed by atoms with Crippen molar-refractivity contribution in [2.45, 2.75) is 13.1 Å². The van der Waals surface area contributed by atoms with E-state index in [4.69, 9.17) is 11.6 Å². The largest absolute Gasteiger partial charge is 0.342 e. The van der Waals surface area contributed by atoms with Gasteiger partial charge in [0, 0.05) is 38.7 Å². The highest BCUT2D eigenvalue weighted by Gasteiger charge is 2.33. The second-order valence-corrected chi connectivity index (χ2v) is 9.21. The summed E-state index contributed by atoms with van der Waals surface area (Å²) in [5, 5.41) is 4.43. The number of nitrogens with zero attached hydrogens (tertiary/aromatic N) is 2. The second kappa shape index (κ2) is 8.89. The lowest BCUT2D eigenvalue weighted by atomic mass is 10.1. The second-order valence-electron chi connectivity index (χ2n) is 7.86. The molecule has 164 valence electrons. The Morgan fingerprint density at radius 3 is 2.30 bits per heavy atom. The van der Waals surface area contributed by atoms with Crippen molar-refractivity contribution in [3.63, 3.8) is 0 Å². The molecule has 1 aliphatic rings. The molecule has 33 heavy (non-hydrogen) atoms. The van der Waals surface area contributed by atoms with Crippen molar-refractivity contribution in [3.8, 4) is 0 Å². The number of amides is 3. The van der Waals surface area contributed by atoms with Crippen LogP contribution in [0.2, 0.25) is 5.02 Å². The molecule has 3 aromatic carbocycles. The number of carbonyl (C=O) groups is 2. The summed E-state index contributed by atoms with van der Waals surface area (Å²) in [6.07, 6.45) is 3.76. The lowest BCUT2D eigenvalue weighted by Crippen LogP contribution is -2.30. The third-order valence-corrected chi connectivity index (χ3v) is 6.38. The van der Waals surface area contributed by atoms with Gasteiger partial charge in [0.25, 0.3) is 5.91 Å². The van der Waals surface area contributed by atoms with E-state index < -0.39 is 6.03 Å². The highest BCUT2D eigenvalue weighted by Crippen LogP contribution is 2.26. The number of carbonyl (C=O) groups excluding carboxylic acids is 2. The van der Waals surface area contributed by atoms with Crippen LogP contribution in [0, 0.1) is 0 Å². The van der Waals surface area contributed by atoms with Crippen molar-refractivity contribution in [1.29, 1.82) is 0 Å². The van der Waals surface area contributed by atoms with Crippen molar-refractivity contribution >= 4 is 56.4 Å². The van der Waals surface area contributed by atoms with Crippen LogP contribution in [0.15, 0.2) is 89.2 Å². The van der Waals surface area contributed by atoms with E-state index in [2.05, 4.69) is 25.8 Å². The summed E-state index contributed by atoms with van der Waals surface area (Å²) in [6.45, 7) is 0.879. The number of benzene rings is 3. The molecule has 0 saturated carbocycles. The molecule has 1 aliphatic heterocycles. The molecule has 0 unspecified atom stereocenters. The number of nitrogens with one attached hydrogen (secondary N) is 1.